The van der Waals surface area contributed by atoms with Crippen LogP contribution in [0.15, 0.2) is 139 Å². The average molecular weight is 668 g/mol. The Hall–Kier alpha value is -5.73. The van der Waals surface area contributed by atoms with Crippen LogP contribution in [-0.2, 0) is 14.4 Å². The molecule has 0 unspecified atom stereocenters. The van der Waals surface area contributed by atoms with Gasteiger partial charge in [0.1, 0.15) is 11.5 Å². The molecule has 5 aromatic carbocycles. The number of nitrogens with zero attached hydrogens (tertiary/aromatic N) is 3. The maximum absolute atomic E-state index is 13.4. The Morgan fingerprint density at radius 3 is 1.70 bits per heavy atom. The van der Waals surface area contributed by atoms with Gasteiger partial charge in [-0.25, -0.2) is 4.79 Å². The van der Waals surface area contributed by atoms with E-state index in [1.165, 1.54) is 11.1 Å². The van der Waals surface area contributed by atoms with Crippen LogP contribution in [0.5, 0.6) is 11.5 Å². The first-order valence-corrected chi connectivity index (χ1v) is 16.9. The van der Waals surface area contributed by atoms with Gasteiger partial charge < -0.3 is 19.2 Å². The Balaban J connectivity index is 1.01. The van der Waals surface area contributed by atoms with Gasteiger partial charge in [-0.15, -0.1) is 0 Å². The number of benzene rings is 5. The molecule has 0 atom stereocenters. The molecule has 0 saturated carbocycles. The fourth-order valence-electron chi connectivity index (χ4n) is 6.11. The summed E-state index contributed by atoms with van der Waals surface area (Å²) in [7, 11) is 0. The van der Waals surface area contributed by atoms with E-state index in [0.717, 1.165) is 29.8 Å². The molecule has 0 N–H and O–H groups in total. The number of piperazine rings is 1. The Bertz CT molecular complexity index is 1830. The maximum atomic E-state index is 13.4. The molecule has 1 saturated heterocycles. The van der Waals surface area contributed by atoms with Crippen molar-refractivity contribution in [3.05, 3.63) is 156 Å². The molecule has 1 aliphatic rings. The molecule has 0 spiro atoms. The largest absolute Gasteiger partial charge is 0.463 e. The van der Waals surface area contributed by atoms with Crippen molar-refractivity contribution in [1.29, 1.82) is 0 Å². The zero-order chi connectivity index (χ0) is 34.7. The quantitative estimate of drug-likeness (QED) is 0.0762. The smallest absolute Gasteiger partial charge is 0.347 e. The van der Waals surface area contributed by atoms with Crippen LogP contribution < -0.4 is 4.74 Å². The van der Waals surface area contributed by atoms with Crippen molar-refractivity contribution in [3.8, 4) is 22.6 Å². The highest BCUT2D eigenvalue weighted by Crippen LogP contribution is 2.30. The normalized spacial score (nSPS) is 13.6. The van der Waals surface area contributed by atoms with Crippen LogP contribution in [0, 0.1) is 0 Å². The third-order valence-electron chi connectivity index (χ3n) is 8.71. The van der Waals surface area contributed by atoms with Gasteiger partial charge in [-0.05, 0) is 78.1 Å². The fraction of sp³-hybridized carbons (Fsp3) is 0.214. The molecular weight excluding hydrogens is 626 g/mol. The van der Waals surface area contributed by atoms with E-state index in [4.69, 9.17) is 14.3 Å². The topological polar surface area (TPSA) is 80.7 Å². The van der Waals surface area contributed by atoms with Gasteiger partial charge in [-0.3, -0.25) is 9.69 Å². The van der Waals surface area contributed by atoms with Gasteiger partial charge in [0.2, 0.25) is 6.61 Å². The zero-order valence-corrected chi connectivity index (χ0v) is 28.4. The summed E-state index contributed by atoms with van der Waals surface area (Å²) in [4.78, 5) is 34.4. The van der Waals surface area contributed by atoms with Crippen molar-refractivity contribution in [1.82, 2.24) is 9.80 Å². The van der Waals surface area contributed by atoms with E-state index < -0.39 is 5.97 Å². The van der Waals surface area contributed by atoms with E-state index in [9.17, 15) is 9.59 Å². The molecule has 6 rings (SSSR count). The number of esters is 1. The van der Waals surface area contributed by atoms with Gasteiger partial charge in [0.15, 0.2) is 0 Å². The first-order valence-electron chi connectivity index (χ1n) is 16.9. The average Bonchev–Trinajstić information content (AvgIpc) is 3.17. The molecule has 1 fully saturated rings. The number of amides is 1. The molecule has 0 bridgehead atoms. The molecule has 5 aromatic rings. The van der Waals surface area contributed by atoms with Gasteiger partial charge in [-0.2, -0.15) is 0 Å². The van der Waals surface area contributed by atoms with Crippen molar-refractivity contribution in [2.24, 2.45) is 5.16 Å². The van der Waals surface area contributed by atoms with Crippen molar-refractivity contribution >= 4 is 17.6 Å². The number of hydrogen-bond donors (Lipinski definition) is 0. The fourth-order valence-corrected chi connectivity index (χ4v) is 6.11. The molecule has 0 aliphatic carbocycles. The third kappa shape index (κ3) is 8.64. The first kappa shape index (κ1) is 34.1. The van der Waals surface area contributed by atoms with Gasteiger partial charge in [0.25, 0.3) is 5.91 Å². The van der Waals surface area contributed by atoms with Crippen LogP contribution in [0.1, 0.15) is 46.9 Å². The van der Waals surface area contributed by atoms with Crippen molar-refractivity contribution in [3.63, 3.8) is 0 Å². The highest BCUT2D eigenvalue weighted by Gasteiger charge is 2.28. The lowest BCUT2D eigenvalue weighted by Gasteiger charge is -2.39. The summed E-state index contributed by atoms with van der Waals surface area (Å²) in [5.41, 5.74) is 6.80. The summed E-state index contributed by atoms with van der Waals surface area (Å²) in [5.74, 6) is 0.954. The predicted molar refractivity (Wildman–Crippen MR) is 195 cm³/mol. The second kappa shape index (κ2) is 16.6. The van der Waals surface area contributed by atoms with Crippen molar-refractivity contribution in [2.45, 2.75) is 19.9 Å². The molecule has 1 aliphatic heterocycles. The molecule has 50 heavy (non-hydrogen) atoms. The van der Waals surface area contributed by atoms with Crippen LogP contribution in [0.3, 0.4) is 0 Å². The minimum absolute atomic E-state index is 0.0354. The van der Waals surface area contributed by atoms with Crippen molar-refractivity contribution < 1.29 is 23.9 Å². The maximum Gasteiger partial charge on any atom is 0.347 e. The Morgan fingerprint density at radius 1 is 0.660 bits per heavy atom. The van der Waals surface area contributed by atoms with Gasteiger partial charge in [0, 0.05) is 31.7 Å². The molecule has 1 amide bonds. The van der Waals surface area contributed by atoms with Crippen LogP contribution >= 0.6 is 0 Å². The molecular formula is C42H41N3O5. The molecule has 8 heteroatoms. The van der Waals surface area contributed by atoms with Gasteiger partial charge in [0.05, 0.1) is 18.4 Å². The summed E-state index contributed by atoms with van der Waals surface area (Å²) in [6.45, 7) is 6.58. The number of hydrogen-bond acceptors (Lipinski definition) is 7. The Morgan fingerprint density at radius 2 is 1.16 bits per heavy atom. The lowest BCUT2D eigenvalue weighted by atomic mass is 9.96. The summed E-state index contributed by atoms with van der Waals surface area (Å²) in [6, 6.07) is 44.5. The third-order valence-corrected chi connectivity index (χ3v) is 8.71. The first-order chi connectivity index (χ1) is 24.5. The molecule has 254 valence electrons. The molecule has 0 aromatic heterocycles. The van der Waals surface area contributed by atoms with Crippen LogP contribution in [-0.4, -0.2) is 66.8 Å². The van der Waals surface area contributed by atoms with Crippen LogP contribution in [0.25, 0.3) is 11.1 Å². The molecule has 8 nitrogen and oxygen atoms in total. The van der Waals surface area contributed by atoms with Crippen LogP contribution in [0.4, 0.5) is 0 Å². The number of carbonyl (C=O) groups excluding carboxylic acids is 2. The zero-order valence-electron chi connectivity index (χ0n) is 28.4. The van der Waals surface area contributed by atoms with E-state index >= 15 is 0 Å². The highest BCUT2D eigenvalue weighted by molar-refractivity contribution is 5.98. The van der Waals surface area contributed by atoms with E-state index in [1.807, 2.05) is 96.8 Å². The molecule has 0 radical (unpaired) electrons. The highest BCUT2D eigenvalue weighted by atomic mass is 16.7. The molecule has 1 heterocycles. The Kier molecular flexibility index (Phi) is 11.3. The monoisotopic (exact) mass is 667 g/mol. The number of ether oxygens (including phenoxy) is 2. The lowest BCUT2D eigenvalue weighted by molar-refractivity contribution is -0.148. The minimum Gasteiger partial charge on any atom is -0.463 e. The summed E-state index contributed by atoms with van der Waals surface area (Å²) in [5, 5.41) is 4.01. The standard InChI is InChI=1S/C42H41N3O5/c1-3-48-40(46)30-49-43-31(2)32-14-16-33(17-15-32)34-18-22-38(23-19-34)50-39-24-20-37(21-25-39)42(47)45-28-26-44(27-29-45)41(35-10-6-4-7-11-35)36-12-8-5-9-13-36/h4-25,41H,3,26-30H2,1-2H3. The van der Waals surface area contributed by atoms with Crippen molar-refractivity contribution in [2.75, 3.05) is 39.4 Å². The summed E-state index contributed by atoms with van der Waals surface area (Å²) >= 11 is 0. The number of carbonyl (C=O) groups is 2. The van der Waals surface area contributed by atoms with Crippen LogP contribution in [0.2, 0.25) is 0 Å². The van der Waals surface area contributed by atoms with Gasteiger partial charge in [-0.1, -0.05) is 102 Å². The summed E-state index contributed by atoms with van der Waals surface area (Å²) < 4.78 is 10.9. The second-order valence-corrected chi connectivity index (χ2v) is 12.0. The van der Waals surface area contributed by atoms with Gasteiger partial charge >= 0.3 is 5.97 Å². The van der Waals surface area contributed by atoms with E-state index in [1.54, 1.807) is 6.92 Å². The van der Waals surface area contributed by atoms with E-state index in [0.29, 0.717) is 42.5 Å². The minimum atomic E-state index is -0.448. The van der Waals surface area contributed by atoms with E-state index in [2.05, 4.69) is 58.6 Å². The second-order valence-electron chi connectivity index (χ2n) is 12.0. The number of rotatable bonds is 12. The SMILES string of the molecule is CCOC(=O)CON=C(C)c1ccc(-c2ccc(Oc3ccc(C(=O)N4CCN(C(c5ccccc5)c5ccccc5)CC4)cc3)cc2)cc1. The number of oxime groups is 1. The summed E-state index contributed by atoms with van der Waals surface area (Å²) in [6.07, 6.45) is 0. The van der Waals surface area contributed by atoms with E-state index in [-0.39, 0.29) is 18.6 Å². The Labute approximate surface area is 293 Å². The predicted octanol–water partition coefficient (Wildman–Crippen LogP) is 8.00. The lowest BCUT2D eigenvalue weighted by Crippen LogP contribution is -2.49.